The molecule has 0 aliphatic carbocycles. The van der Waals surface area contributed by atoms with Gasteiger partial charge in [-0.25, -0.2) is 4.98 Å². The molecule has 0 unspecified atom stereocenters. The van der Waals surface area contributed by atoms with Crippen molar-refractivity contribution in [3.63, 3.8) is 0 Å². The van der Waals surface area contributed by atoms with Crippen LogP contribution in [0.15, 0.2) is 24.3 Å². The molecule has 0 amide bonds. The van der Waals surface area contributed by atoms with Crippen LogP contribution in [0.5, 0.6) is 0 Å². The fourth-order valence-corrected chi connectivity index (χ4v) is 1.85. The molecule has 0 N–H and O–H groups in total. The molecule has 0 saturated carbocycles. The first-order valence-corrected chi connectivity index (χ1v) is 5.35. The van der Waals surface area contributed by atoms with Gasteiger partial charge in [-0.1, -0.05) is 11.6 Å². The Balaban J connectivity index is 2.69. The molecule has 0 spiro atoms. The van der Waals surface area contributed by atoms with Gasteiger partial charge in [0.1, 0.15) is 5.15 Å². The number of Topliss-reactive ketones (excluding diaryl/α,β-unsaturated/α-hetero) is 1. The summed E-state index contributed by atoms with van der Waals surface area (Å²) in [6.45, 7) is 1.28. The van der Waals surface area contributed by atoms with Crippen molar-refractivity contribution in [1.29, 1.82) is 0 Å². The predicted molar refractivity (Wildman–Crippen MR) is 61.8 cm³/mol. The molecule has 0 atom stereocenters. The van der Waals surface area contributed by atoms with E-state index >= 15 is 0 Å². The molecular formula is C12H7ClF3NO. The van der Waals surface area contributed by atoms with E-state index in [1.807, 2.05) is 0 Å². The number of hydrogen-bond acceptors (Lipinski definition) is 2. The minimum Gasteiger partial charge on any atom is -0.294 e. The summed E-state index contributed by atoms with van der Waals surface area (Å²) in [5.41, 5.74) is -0.352. The van der Waals surface area contributed by atoms with Crippen molar-refractivity contribution in [2.24, 2.45) is 0 Å². The molecule has 1 heterocycles. The number of carbonyl (C=O) groups is 1. The van der Waals surface area contributed by atoms with Crippen LogP contribution in [-0.4, -0.2) is 10.8 Å². The summed E-state index contributed by atoms with van der Waals surface area (Å²) in [7, 11) is 0. The zero-order valence-electron chi connectivity index (χ0n) is 9.18. The lowest BCUT2D eigenvalue weighted by molar-refractivity contribution is -0.137. The molecule has 1 aromatic heterocycles. The zero-order chi connectivity index (χ0) is 13.5. The molecule has 0 radical (unpaired) electrons. The molecule has 0 bridgehead atoms. The van der Waals surface area contributed by atoms with Crippen molar-refractivity contribution in [2.45, 2.75) is 13.1 Å². The van der Waals surface area contributed by atoms with Crippen LogP contribution in [0.1, 0.15) is 22.8 Å². The minimum atomic E-state index is -4.43. The Morgan fingerprint density at radius 1 is 1.28 bits per heavy atom. The predicted octanol–water partition coefficient (Wildman–Crippen LogP) is 4.11. The van der Waals surface area contributed by atoms with Gasteiger partial charge in [0, 0.05) is 5.39 Å². The Morgan fingerprint density at radius 3 is 2.50 bits per heavy atom. The number of aromatic nitrogens is 1. The van der Waals surface area contributed by atoms with Crippen LogP contribution in [0.3, 0.4) is 0 Å². The van der Waals surface area contributed by atoms with Crippen LogP contribution < -0.4 is 0 Å². The second-order valence-electron chi connectivity index (χ2n) is 3.79. The number of carbonyl (C=O) groups excluding carboxylic acids is 1. The van der Waals surface area contributed by atoms with Gasteiger partial charge in [0.15, 0.2) is 5.78 Å². The lowest BCUT2D eigenvalue weighted by Crippen LogP contribution is -2.05. The molecule has 0 aliphatic rings. The number of halogens is 4. The molecule has 94 valence electrons. The maximum atomic E-state index is 12.5. The minimum absolute atomic E-state index is 0.00485. The van der Waals surface area contributed by atoms with Gasteiger partial charge in [-0.05, 0) is 31.2 Å². The van der Waals surface area contributed by atoms with Gasteiger partial charge in [0.2, 0.25) is 0 Å². The summed E-state index contributed by atoms with van der Waals surface area (Å²) in [6.07, 6.45) is -4.43. The highest BCUT2D eigenvalue weighted by Crippen LogP contribution is 2.32. The third kappa shape index (κ3) is 2.31. The quantitative estimate of drug-likeness (QED) is 0.578. The Hall–Kier alpha value is -1.62. The summed E-state index contributed by atoms with van der Waals surface area (Å²) in [5, 5.41) is 0.231. The van der Waals surface area contributed by atoms with E-state index in [9.17, 15) is 18.0 Å². The normalized spacial score (nSPS) is 11.8. The van der Waals surface area contributed by atoms with E-state index in [-0.39, 0.29) is 21.9 Å². The molecule has 0 aliphatic heterocycles. The second-order valence-corrected chi connectivity index (χ2v) is 4.15. The van der Waals surface area contributed by atoms with Crippen LogP contribution >= 0.6 is 11.6 Å². The van der Waals surface area contributed by atoms with Gasteiger partial charge < -0.3 is 0 Å². The smallest absolute Gasteiger partial charge is 0.294 e. The number of fused-ring (bicyclic) bond motifs is 1. The van der Waals surface area contributed by atoms with Crippen molar-refractivity contribution >= 4 is 28.3 Å². The van der Waals surface area contributed by atoms with Gasteiger partial charge in [-0.2, -0.15) is 13.2 Å². The molecule has 18 heavy (non-hydrogen) atoms. The topological polar surface area (TPSA) is 30.0 Å². The van der Waals surface area contributed by atoms with Gasteiger partial charge in [-0.3, -0.25) is 4.79 Å². The summed E-state index contributed by atoms with van der Waals surface area (Å²) < 4.78 is 37.6. The average Bonchev–Trinajstić information content (AvgIpc) is 2.25. The molecule has 1 aromatic carbocycles. The van der Waals surface area contributed by atoms with E-state index in [1.54, 1.807) is 0 Å². The molecule has 0 fully saturated rings. The molecule has 2 nitrogen and oxygen atoms in total. The third-order valence-corrected chi connectivity index (χ3v) is 2.76. The zero-order valence-corrected chi connectivity index (χ0v) is 9.93. The number of pyridine rings is 1. The van der Waals surface area contributed by atoms with Gasteiger partial charge >= 0.3 is 6.18 Å². The molecule has 2 rings (SSSR count). The van der Waals surface area contributed by atoms with Crippen molar-refractivity contribution < 1.29 is 18.0 Å². The number of ketones is 1. The first-order chi connectivity index (χ1) is 8.29. The summed E-state index contributed by atoms with van der Waals surface area (Å²) >= 11 is 5.77. The summed E-state index contributed by atoms with van der Waals surface area (Å²) in [5.74, 6) is -0.341. The van der Waals surface area contributed by atoms with Crippen LogP contribution in [0, 0.1) is 0 Å². The second kappa shape index (κ2) is 4.24. The van der Waals surface area contributed by atoms with Crippen LogP contribution in [0.25, 0.3) is 10.9 Å². The highest BCUT2D eigenvalue weighted by atomic mass is 35.5. The monoisotopic (exact) mass is 273 g/mol. The first kappa shape index (κ1) is 12.8. The Kier molecular flexibility index (Phi) is 3.02. The van der Waals surface area contributed by atoms with Crippen LogP contribution in [0.2, 0.25) is 5.15 Å². The van der Waals surface area contributed by atoms with Crippen molar-refractivity contribution in [2.75, 3.05) is 0 Å². The molecule has 0 saturated heterocycles. The van der Waals surface area contributed by atoms with Gasteiger partial charge in [0.05, 0.1) is 16.6 Å². The number of nitrogens with zero attached hydrogens (tertiary/aromatic N) is 1. The number of rotatable bonds is 1. The number of hydrogen-bond donors (Lipinski definition) is 0. The lowest BCUT2D eigenvalue weighted by Gasteiger charge is -2.08. The average molecular weight is 274 g/mol. The SMILES string of the molecule is CC(=O)c1cc2cc(C(F)(F)F)ccc2nc1Cl. The molecule has 2 aromatic rings. The van der Waals surface area contributed by atoms with Gasteiger partial charge in [0.25, 0.3) is 0 Å². The Morgan fingerprint density at radius 2 is 1.94 bits per heavy atom. The van der Waals surface area contributed by atoms with E-state index in [1.165, 1.54) is 19.1 Å². The third-order valence-electron chi connectivity index (χ3n) is 2.47. The van der Waals surface area contributed by atoms with E-state index < -0.39 is 11.7 Å². The Bertz CT molecular complexity index is 637. The lowest BCUT2D eigenvalue weighted by atomic mass is 10.1. The maximum Gasteiger partial charge on any atom is 0.416 e. The summed E-state index contributed by atoms with van der Waals surface area (Å²) in [6, 6.07) is 4.43. The highest BCUT2D eigenvalue weighted by Gasteiger charge is 2.30. The molecular weight excluding hydrogens is 267 g/mol. The van der Waals surface area contributed by atoms with E-state index in [4.69, 9.17) is 11.6 Å². The fraction of sp³-hybridized carbons (Fsp3) is 0.167. The maximum absolute atomic E-state index is 12.5. The highest BCUT2D eigenvalue weighted by molar-refractivity contribution is 6.33. The first-order valence-electron chi connectivity index (χ1n) is 4.97. The summed E-state index contributed by atoms with van der Waals surface area (Å²) in [4.78, 5) is 15.1. The van der Waals surface area contributed by atoms with Crippen molar-refractivity contribution in [1.82, 2.24) is 4.98 Å². The van der Waals surface area contributed by atoms with Crippen LogP contribution in [-0.2, 0) is 6.18 Å². The van der Waals surface area contributed by atoms with Crippen molar-refractivity contribution in [3.05, 3.63) is 40.5 Å². The number of benzene rings is 1. The standard InChI is InChI=1S/C12H7ClF3NO/c1-6(18)9-5-7-4-8(12(14,15)16)2-3-10(7)17-11(9)13/h2-5H,1H3. The van der Waals surface area contributed by atoms with Crippen molar-refractivity contribution in [3.8, 4) is 0 Å². The van der Waals surface area contributed by atoms with E-state index in [0.717, 1.165) is 12.1 Å². The fourth-order valence-electron chi connectivity index (χ4n) is 1.58. The van der Waals surface area contributed by atoms with Gasteiger partial charge in [-0.15, -0.1) is 0 Å². The van der Waals surface area contributed by atoms with E-state index in [0.29, 0.717) is 5.52 Å². The largest absolute Gasteiger partial charge is 0.416 e. The number of alkyl halides is 3. The molecule has 6 heteroatoms. The van der Waals surface area contributed by atoms with E-state index in [2.05, 4.69) is 4.98 Å². The van der Waals surface area contributed by atoms with Crippen LogP contribution in [0.4, 0.5) is 13.2 Å². The Labute approximate surface area is 105 Å².